The number of fused-ring (bicyclic) bond motifs is 1. The smallest absolute Gasteiger partial charge is 0.152 e. The minimum atomic E-state index is -1.01. The molecule has 1 aliphatic rings. The Kier molecular flexibility index (Phi) is 8.45. The minimum absolute atomic E-state index is 0.210. The number of benzene rings is 3. The molecule has 1 fully saturated rings. The van der Waals surface area contributed by atoms with Gasteiger partial charge >= 0.3 is 0 Å². The Morgan fingerprint density at radius 3 is 2.14 bits per heavy atom. The zero-order valence-corrected chi connectivity index (χ0v) is 23.9. The fourth-order valence-electron chi connectivity index (χ4n) is 5.62. The zero-order valence-electron chi connectivity index (χ0n) is 23.9. The van der Waals surface area contributed by atoms with Gasteiger partial charge in [-0.2, -0.15) is 10.4 Å². The maximum Gasteiger partial charge on any atom is 0.152 e. The Morgan fingerprint density at radius 1 is 0.907 bits per heavy atom. The van der Waals surface area contributed by atoms with Gasteiger partial charge in [-0.1, -0.05) is 91.0 Å². The van der Waals surface area contributed by atoms with E-state index in [2.05, 4.69) is 16.2 Å². The predicted octanol–water partition coefficient (Wildman–Crippen LogP) is 5.40. The molecule has 0 amide bonds. The van der Waals surface area contributed by atoms with E-state index in [0.717, 1.165) is 16.7 Å². The second-order valence-corrected chi connectivity index (χ2v) is 10.7. The molecule has 3 heterocycles. The number of aromatic nitrogens is 3. The van der Waals surface area contributed by atoms with Crippen molar-refractivity contribution in [3.63, 3.8) is 0 Å². The largest absolute Gasteiger partial charge is 0.382 e. The van der Waals surface area contributed by atoms with E-state index in [9.17, 15) is 5.26 Å². The molecule has 1 saturated heterocycles. The summed E-state index contributed by atoms with van der Waals surface area (Å²) < 4.78 is 28.1. The monoisotopic (exact) mass is 575 g/mol. The molecule has 9 nitrogen and oxygen atoms in total. The fourth-order valence-corrected chi connectivity index (χ4v) is 5.62. The average molecular weight is 576 g/mol. The standard InChI is InChI=1S/C34H33N5O4/c1-34(42-21-26-15-9-4-10-16-26)31(28-17-27(18-35)30-33(36)37-23-38-39(28)30)43-29(22-40-19-24-11-5-2-6-12-24)32(34)41-20-25-13-7-3-8-14-25/h2-17,23,29,31-32H,19-22H2,1H3,(H2,36,37,38)/t29-,31+,32-,34+/m1/s1. The molecule has 5 aromatic rings. The van der Waals surface area contributed by atoms with Crippen LogP contribution in [-0.2, 0) is 38.8 Å². The van der Waals surface area contributed by atoms with Gasteiger partial charge in [-0.25, -0.2) is 9.50 Å². The van der Waals surface area contributed by atoms with E-state index in [0.29, 0.717) is 36.6 Å². The molecule has 0 saturated carbocycles. The summed E-state index contributed by atoms with van der Waals surface area (Å²) in [5.74, 6) is 0.210. The van der Waals surface area contributed by atoms with Crippen molar-refractivity contribution in [1.82, 2.24) is 14.6 Å². The Balaban J connectivity index is 1.38. The number of nitrogen functional groups attached to an aromatic ring is 1. The second-order valence-electron chi connectivity index (χ2n) is 10.7. The molecule has 2 N–H and O–H groups in total. The maximum atomic E-state index is 9.95. The van der Waals surface area contributed by atoms with Crippen LogP contribution in [0.15, 0.2) is 103 Å². The lowest BCUT2D eigenvalue weighted by Crippen LogP contribution is -2.47. The first kappa shape index (κ1) is 28.5. The lowest BCUT2D eigenvalue weighted by molar-refractivity contribution is -0.148. The molecule has 3 aromatic carbocycles. The van der Waals surface area contributed by atoms with Gasteiger partial charge in [0, 0.05) is 0 Å². The van der Waals surface area contributed by atoms with Crippen LogP contribution >= 0.6 is 0 Å². The van der Waals surface area contributed by atoms with E-state index in [1.165, 1.54) is 6.33 Å². The van der Waals surface area contributed by atoms with Gasteiger partial charge < -0.3 is 24.7 Å². The van der Waals surface area contributed by atoms with Crippen LogP contribution in [0.5, 0.6) is 0 Å². The fraction of sp³-hybridized carbons (Fsp3) is 0.265. The highest BCUT2D eigenvalue weighted by molar-refractivity contribution is 5.74. The van der Waals surface area contributed by atoms with Gasteiger partial charge in [0.05, 0.1) is 37.7 Å². The van der Waals surface area contributed by atoms with E-state index in [1.54, 1.807) is 10.6 Å². The molecule has 6 rings (SSSR count). The number of nitrogens with two attached hydrogens (primary N) is 1. The topological polar surface area (TPSA) is 117 Å². The number of nitrogens with zero attached hydrogens (tertiary/aromatic N) is 4. The molecule has 218 valence electrons. The van der Waals surface area contributed by atoms with Crippen LogP contribution in [-0.4, -0.2) is 39.0 Å². The van der Waals surface area contributed by atoms with E-state index < -0.39 is 23.9 Å². The van der Waals surface area contributed by atoms with Crippen LogP contribution in [0.3, 0.4) is 0 Å². The highest BCUT2D eigenvalue weighted by Crippen LogP contribution is 2.47. The molecular formula is C34H33N5O4. The molecular weight excluding hydrogens is 542 g/mol. The van der Waals surface area contributed by atoms with Crippen LogP contribution < -0.4 is 5.73 Å². The third-order valence-electron chi connectivity index (χ3n) is 7.79. The number of hydrogen-bond acceptors (Lipinski definition) is 8. The summed E-state index contributed by atoms with van der Waals surface area (Å²) >= 11 is 0. The number of rotatable bonds is 11. The molecule has 0 radical (unpaired) electrons. The highest BCUT2D eigenvalue weighted by Gasteiger charge is 2.57. The van der Waals surface area contributed by atoms with E-state index in [4.69, 9.17) is 24.7 Å². The highest BCUT2D eigenvalue weighted by atomic mass is 16.6. The van der Waals surface area contributed by atoms with E-state index in [1.807, 2.05) is 97.9 Å². The van der Waals surface area contributed by atoms with Crippen LogP contribution in [0.1, 0.15) is 41.0 Å². The summed E-state index contributed by atoms with van der Waals surface area (Å²) in [6, 6.07) is 33.9. The molecule has 0 aliphatic carbocycles. The maximum absolute atomic E-state index is 9.95. The van der Waals surface area contributed by atoms with Crippen LogP contribution in [0.25, 0.3) is 5.52 Å². The molecule has 9 heteroatoms. The van der Waals surface area contributed by atoms with Crippen molar-refractivity contribution in [2.75, 3.05) is 12.3 Å². The van der Waals surface area contributed by atoms with Crippen LogP contribution in [0.2, 0.25) is 0 Å². The molecule has 0 spiro atoms. The van der Waals surface area contributed by atoms with Gasteiger partial charge in [-0.05, 0) is 29.7 Å². The Hall–Kier alpha value is -4.59. The Bertz CT molecular complexity index is 1690. The summed E-state index contributed by atoms with van der Waals surface area (Å²) in [4.78, 5) is 4.11. The van der Waals surface area contributed by atoms with Gasteiger partial charge in [0.1, 0.15) is 41.8 Å². The Morgan fingerprint density at radius 2 is 1.51 bits per heavy atom. The minimum Gasteiger partial charge on any atom is -0.382 e. The third-order valence-corrected chi connectivity index (χ3v) is 7.79. The van der Waals surface area contributed by atoms with Crippen molar-refractivity contribution in [3.8, 4) is 6.07 Å². The first-order chi connectivity index (χ1) is 21.1. The molecule has 0 bridgehead atoms. The van der Waals surface area contributed by atoms with E-state index >= 15 is 0 Å². The van der Waals surface area contributed by atoms with Gasteiger partial charge in [0.2, 0.25) is 0 Å². The lowest BCUT2D eigenvalue weighted by atomic mass is 9.90. The van der Waals surface area contributed by atoms with Crippen LogP contribution in [0.4, 0.5) is 5.82 Å². The van der Waals surface area contributed by atoms with Gasteiger partial charge in [-0.3, -0.25) is 0 Å². The summed E-state index contributed by atoms with van der Waals surface area (Å²) in [5, 5.41) is 14.4. The van der Waals surface area contributed by atoms with Crippen molar-refractivity contribution in [3.05, 3.63) is 131 Å². The quantitative estimate of drug-likeness (QED) is 0.223. The molecule has 4 atom stereocenters. The van der Waals surface area contributed by atoms with Gasteiger partial charge in [0.15, 0.2) is 5.82 Å². The van der Waals surface area contributed by atoms with Crippen molar-refractivity contribution in [1.29, 1.82) is 5.26 Å². The van der Waals surface area contributed by atoms with Crippen molar-refractivity contribution in [2.24, 2.45) is 0 Å². The summed E-state index contributed by atoms with van der Waals surface area (Å²) in [6.07, 6.45) is -0.333. The van der Waals surface area contributed by atoms with Gasteiger partial charge in [0.25, 0.3) is 0 Å². The van der Waals surface area contributed by atoms with Crippen LogP contribution in [0, 0.1) is 11.3 Å². The van der Waals surface area contributed by atoms with E-state index in [-0.39, 0.29) is 12.4 Å². The first-order valence-corrected chi connectivity index (χ1v) is 14.2. The molecule has 2 aromatic heterocycles. The third kappa shape index (κ3) is 6.00. The van der Waals surface area contributed by atoms with Gasteiger partial charge in [-0.15, -0.1) is 0 Å². The molecule has 0 unspecified atom stereocenters. The summed E-state index contributed by atoms with van der Waals surface area (Å²) in [5.41, 5.74) is 9.69. The second kappa shape index (κ2) is 12.7. The SMILES string of the molecule is C[C@@]1(OCc2ccccc2)[C@H](OCc2ccccc2)[C@@H](COCc2ccccc2)O[C@H]1c1cc(C#N)c2c(N)ncnn12. The first-order valence-electron chi connectivity index (χ1n) is 14.2. The lowest BCUT2D eigenvalue weighted by Gasteiger charge is -2.35. The molecule has 1 aliphatic heterocycles. The Labute approximate surface area is 250 Å². The zero-order chi connectivity index (χ0) is 29.6. The van der Waals surface area contributed by atoms with Crippen molar-refractivity contribution < 1.29 is 18.9 Å². The summed E-state index contributed by atoms with van der Waals surface area (Å²) in [6.45, 7) is 3.36. The number of nitriles is 1. The number of anilines is 1. The number of hydrogen-bond donors (Lipinski definition) is 1. The average Bonchev–Trinajstić information content (AvgIpc) is 3.56. The summed E-state index contributed by atoms with van der Waals surface area (Å²) in [7, 11) is 0. The van der Waals surface area contributed by atoms with Crippen molar-refractivity contribution in [2.45, 2.75) is 50.7 Å². The molecule has 43 heavy (non-hydrogen) atoms. The predicted molar refractivity (Wildman–Crippen MR) is 160 cm³/mol. The number of ether oxygens (including phenoxy) is 4. The van der Waals surface area contributed by atoms with Crippen molar-refractivity contribution >= 4 is 11.3 Å². The normalized spacial score (nSPS) is 21.6.